The van der Waals surface area contributed by atoms with Crippen LogP contribution in [0.1, 0.15) is 18.5 Å². The number of carbonyl (C=O) groups excluding carboxylic acids is 1. The summed E-state index contributed by atoms with van der Waals surface area (Å²) in [6, 6.07) is 0.712. The number of hydrogen-bond donors (Lipinski definition) is 2. The SMILES string of the molecule is CC(=O)Oc1ccc([C@H](N)C(F)(F)F)cc1O. The van der Waals surface area contributed by atoms with Crippen molar-refractivity contribution in [2.24, 2.45) is 5.73 Å². The van der Waals surface area contributed by atoms with Crippen molar-refractivity contribution in [2.45, 2.75) is 19.1 Å². The smallest absolute Gasteiger partial charge is 0.407 e. The second-order valence-corrected chi connectivity index (χ2v) is 3.34. The largest absolute Gasteiger partial charge is 0.504 e. The topological polar surface area (TPSA) is 72.5 Å². The van der Waals surface area contributed by atoms with Crippen LogP contribution in [-0.2, 0) is 4.79 Å². The molecule has 0 radical (unpaired) electrons. The van der Waals surface area contributed by atoms with Crippen LogP contribution in [0.15, 0.2) is 18.2 Å². The highest BCUT2D eigenvalue weighted by Gasteiger charge is 2.38. The predicted molar refractivity (Wildman–Crippen MR) is 52.4 cm³/mol. The Labute approximate surface area is 94.8 Å². The number of rotatable bonds is 2. The number of nitrogens with two attached hydrogens (primary N) is 1. The van der Waals surface area contributed by atoms with Crippen molar-refractivity contribution in [1.82, 2.24) is 0 Å². The molecule has 0 heterocycles. The summed E-state index contributed by atoms with van der Waals surface area (Å²) in [6.45, 7) is 1.11. The molecule has 0 aliphatic rings. The second-order valence-electron chi connectivity index (χ2n) is 3.34. The minimum atomic E-state index is -4.60. The average molecular weight is 249 g/mol. The molecule has 0 aliphatic carbocycles. The first-order chi connectivity index (χ1) is 7.71. The Morgan fingerprint density at radius 3 is 2.47 bits per heavy atom. The van der Waals surface area contributed by atoms with E-state index in [-0.39, 0.29) is 11.3 Å². The lowest BCUT2D eigenvalue weighted by atomic mass is 10.1. The zero-order valence-corrected chi connectivity index (χ0v) is 8.78. The maximum Gasteiger partial charge on any atom is 0.407 e. The number of esters is 1. The van der Waals surface area contributed by atoms with E-state index in [1.165, 1.54) is 0 Å². The third-order valence-electron chi connectivity index (χ3n) is 1.95. The van der Waals surface area contributed by atoms with Gasteiger partial charge in [0.2, 0.25) is 0 Å². The molecular formula is C10H10F3NO3. The van der Waals surface area contributed by atoms with Gasteiger partial charge < -0.3 is 15.6 Å². The van der Waals surface area contributed by atoms with E-state index < -0.39 is 23.9 Å². The molecule has 1 rings (SSSR count). The summed E-state index contributed by atoms with van der Waals surface area (Å²) in [5.41, 5.74) is 4.63. The lowest BCUT2D eigenvalue weighted by Crippen LogP contribution is -2.28. The van der Waals surface area contributed by atoms with Crippen LogP contribution in [0, 0.1) is 0 Å². The lowest BCUT2D eigenvalue weighted by molar-refractivity contribution is -0.149. The first-order valence-electron chi connectivity index (χ1n) is 4.55. The zero-order valence-electron chi connectivity index (χ0n) is 8.78. The molecule has 0 spiro atoms. The maximum absolute atomic E-state index is 12.3. The zero-order chi connectivity index (χ0) is 13.2. The first kappa shape index (κ1) is 13.3. The van der Waals surface area contributed by atoms with E-state index in [9.17, 15) is 23.1 Å². The highest BCUT2D eigenvalue weighted by Crippen LogP contribution is 2.35. The van der Waals surface area contributed by atoms with Crippen molar-refractivity contribution in [3.8, 4) is 11.5 Å². The molecule has 0 saturated heterocycles. The van der Waals surface area contributed by atoms with Crippen LogP contribution in [0.4, 0.5) is 13.2 Å². The van der Waals surface area contributed by atoms with E-state index in [2.05, 4.69) is 4.74 Å². The Morgan fingerprint density at radius 1 is 1.47 bits per heavy atom. The maximum atomic E-state index is 12.3. The minimum absolute atomic E-state index is 0.212. The van der Waals surface area contributed by atoms with E-state index in [1.807, 2.05) is 0 Å². The summed E-state index contributed by atoms with van der Waals surface area (Å²) in [7, 11) is 0. The number of phenolic OH excluding ortho intramolecular Hbond substituents is 1. The number of benzene rings is 1. The molecule has 0 fully saturated rings. The van der Waals surface area contributed by atoms with Crippen molar-refractivity contribution in [1.29, 1.82) is 0 Å². The number of phenols is 1. The molecule has 94 valence electrons. The van der Waals surface area contributed by atoms with Gasteiger partial charge >= 0.3 is 12.1 Å². The Hall–Kier alpha value is -1.76. The lowest BCUT2D eigenvalue weighted by Gasteiger charge is -2.16. The van der Waals surface area contributed by atoms with Gasteiger partial charge in [-0.1, -0.05) is 6.07 Å². The molecule has 0 saturated carbocycles. The van der Waals surface area contributed by atoms with Gasteiger partial charge in [0.1, 0.15) is 6.04 Å². The van der Waals surface area contributed by atoms with E-state index in [0.717, 1.165) is 25.1 Å². The van der Waals surface area contributed by atoms with Crippen molar-refractivity contribution in [3.63, 3.8) is 0 Å². The summed E-state index contributed by atoms with van der Waals surface area (Å²) < 4.78 is 41.4. The average Bonchev–Trinajstić information content (AvgIpc) is 2.18. The molecule has 0 bridgehead atoms. The summed E-state index contributed by atoms with van der Waals surface area (Å²) in [6.07, 6.45) is -4.60. The van der Waals surface area contributed by atoms with Gasteiger partial charge in [-0.2, -0.15) is 13.2 Å². The van der Waals surface area contributed by atoms with Gasteiger partial charge in [0.05, 0.1) is 0 Å². The molecule has 0 aromatic heterocycles. The fourth-order valence-electron chi connectivity index (χ4n) is 1.16. The predicted octanol–water partition coefficient (Wildman–Crippen LogP) is 1.88. The number of hydrogen-bond acceptors (Lipinski definition) is 4. The molecule has 0 unspecified atom stereocenters. The van der Waals surface area contributed by atoms with Crippen LogP contribution in [0.3, 0.4) is 0 Å². The second kappa shape index (κ2) is 4.62. The van der Waals surface area contributed by atoms with Crippen molar-refractivity contribution in [2.75, 3.05) is 0 Å². The van der Waals surface area contributed by atoms with E-state index in [0.29, 0.717) is 0 Å². The number of aromatic hydroxyl groups is 1. The molecule has 1 atom stereocenters. The quantitative estimate of drug-likeness (QED) is 0.620. The van der Waals surface area contributed by atoms with Gasteiger partial charge in [0, 0.05) is 6.92 Å². The van der Waals surface area contributed by atoms with Crippen LogP contribution in [0.5, 0.6) is 11.5 Å². The fourth-order valence-corrected chi connectivity index (χ4v) is 1.16. The van der Waals surface area contributed by atoms with Crippen LogP contribution in [0.25, 0.3) is 0 Å². The molecule has 1 aromatic rings. The molecule has 3 N–H and O–H groups in total. The Bertz CT molecular complexity index is 431. The highest BCUT2D eigenvalue weighted by molar-refractivity contribution is 5.70. The van der Waals surface area contributed by atoms with Gasteiger partial charge in [-0.05, 0) is 17.7 Å². The third kappa shape index (κ3) is 3.35. The normalized spacial score (nSPS) is 13.2. The summed E-state index contributed by atoms with van der Waals surface area (Å²) in [5, 5.41) is 9.35. The van der Waals surface area contributed by atoms with Gasteiger partial charge in [-0.15, -0.1) is 0 Å². The monoisotopic (exact) mass is 249 g/mol. The van der Waals surface area contributed by atoms with Crippen molar-refractivity contribution >= 4 is 5.97 Å². The molecule has 17 heavy (non-hydrogen) atoms. The fraction of sp³-hybridized carbons (Fsp3) is 0.300. The van der Waals surface area contributed by atoms with E-state index >= 15 is 0 Å². The standard InChI is InChI=1S/C10H10F3NO3/c1-5(15)17-8-3-2-6(4-7(8)16)9(14)10(11,12)13/h2-4,9,16H,14H2,1H3/t9-/m0/s1. The molecule has 7 heteroatoms. The third-order valence-corrected chi connectivity index (χ3v) is 1.95. The Morgan fingerprint density at radius 2 is 2.06 bits per heavy atom. The van der Waals surface area contributed by atoms with Crippen LogP contribution < -0.4 is 10.5 Å². The Balaban J connectivity index is 3.00. The molecule has 0 amide bonds. The van der Waals surface area contributed by atoms with Gasteiger partial charge in [-0.3, -0.25) is 4.79 Å². The van der Waals surface area contributed by atoms with Crippen LogP contribution in [-0.4, -0.2) is 17.3 Å². The van der Waals surface area contributed by atoms with Crippen molar-refractivity contribution < 1.29 is 27.8 Å². The number of ether oxygens (including phenoxy) is 1. The van der Waals surface area contributed by atoms with E-state index in [4.69, 9.17) is 5.73 Å². The summed E-state index contributed by atoms with van der Waals surface area (Å²) in [5.74, 6) is -1.47. The molecular weight excluding hydrogens is 239 g/mol. The minimum Gasteiger partial charge on any atom is -0.504 e. The molecule has 4 nitrogen and oxygen atoms in total. The van der Waals surface area contributed by atoms with Gasteiger partial charge in [0.25, 0.3) is 0 Å². The number of alkyl halides is 3. The summed E-state index contributed by atoms with van der Waals surface area (Å²) in [4.78, 5) is 10.6. The van der Waals surface area contributed by atoms with Gasteiger partial charge in [0.15, 0.2) is 11.5 Å². The number of halogens is 3. The van der Waals surface area contributed by atoms with Crippen molar-refractivity contribution in [3.05, 3.63) is 23.8 Å². The van der Waals surface area contributed by atoms with Gasteiger partial charge in [-0.25, -0.2) is 0 Å². The first-order valence-corrected chi connectivity index (χ1v) is 4.55. The Kier molecular flexibility index (Phi) is 3.62. The molecule has 0 aliphatic heterocycles. The molecule has 1 aromatic carbocycles. The van der Waals surface area contributed by atoms with Crippen LogP contribution >= 0.6 is 0 Å². The van der Waals surface area contributed by atoms with E-state index in [1.54, 1.807) is 0 Å². The summed E-state index contributed by atoms with van der Waals surface area (Å²) >= 11 is 0. The highest BCUT2D eigenvalue weighted by atomic mass is 19.4. The van der Waals surface area contributed by atoms with Crippen LogP contribution in [0.2, 0.25) is 0 Å². The number of carbonyl (C=O) groups is 1.